The van der Waals surface area contributed by atoms with Crippen molar-refractivity contribution >= 4 is 39.4 Å². The topological polar surface area (TPSA) is 63.2 Å². The van der Waals surface area contributed by atoms with E-state index in [1.165, 1.54) is 0 Å². The van der Waals surface area contributed by atoms with E-state index < -0.39 is 22.9 Å². The Hall–Kier alpha value is -2.69. The number of halogens is 1. The second-order valence-corrected chi connectivity index (χ2v) is 12.7. The van der Waals surface area contributed by atoms with Crippen LogP contribution in [-0.2, 0) is 14.6 Å². The van der Waals surface area contributed by atoms with E-state index in [1.54, 1.807) is 97.1 Å². The van der Waals surface area contributed by atoms with E-state index in [0.717, 1.165) is 5.56 Å². The summed E-state index contributed by atoms with van der Waals surface area (Å²) in [4.78, 5) is 0.111. The van der Waals surface area contributed by atoms with E-state index in [1.807, 2.05) is 19.1 Å². The zero-order valence-electron chi connectivity index (χ0n) is 17.9. The fraction of sp³-hybridized carbons (Fsp3) is 0.0769. The highest BCUT2D eigenvalue weighted by Crippen LogP contribution is 2.56. The lowest BCUT2D eigenvalue weighted by atomic mass is 10.2. The smallest absolute Gasteiger partial charge is 0.241 e. The lowest BCUT2D eigenvalue weighted by Crippen LogP contribution is -2.34. The van der Waals surface area contributed by atoms with Crippen molar-refractivity contribution in [3.63, 3.8) is 0 Å². The van der Waals surface area contributed by atoms with Gasteiger partial charge >= 0.3 is 0 Å². The molecule has 0 aliphatic carbocycles. The maximum absolute atomic E-state index is 15.0. The van der Waals surface area contributed by atoms with E-state index in [2.05, 4.69) is 4.72 Å². The van der Waals surface area contributed by atoms with Gasteiger partial charge in [-0.2, -0.15) is 4.72 Å². The Morgan fingerprint density at radius 1 is 0.727 bits per heavy atom. The number of hydrogen-bond acceptors (Lipinski definition) is 3. The monoisotopic (exact) mass is 495 g/mol. The Bertz CT molecular complexity index is 1330. The summed E-state index contributed by atoms with van der Waals surface area (Å²) in [5, 5.41) is 1.62. The fourth-order valence-electron chi connectivity index (χ4n) is 3.68. The summed E-state index contributed by atoms with van der Waals surface area (Å²) in [6.45, 7) is 1.89. The van der Waals surface area contributed by atoms with Crippen molar-refractivity contribution < 1.29 is 13.0 Å². The van der Waals surface area contributed by atoms with Gasteiger partial charge in [-0.1, -0.05) is 102 Å². The molecule has 0 aliphatic heterocycles. The van der Waals surface area contributed by atoms with Crippen LogP contribution in [0.15, 0.2) is 114 Å². The number of rotatable bonds is 7. The van der Waals surface area contributed by atoms with E-state index in [0.29, 0.717) is 21.2 Å². The van der Waals surface area contributed by atoms with Gasteiger partial charge in [-0.3, -0.25) is 0 Å². The molecule has 0 saturated carbocycles. The van der Waals surface area contributed by atoms with Crippen LogP contribution in [0.25, 0.3) is 0 Å². The lowest BCUT2D eigenvalue weighted by molar-refractivity contribution is 0.560. The predicted octanol–water partition coefficient (Wildman–Crippen LogP) is 5.64. The third kappa shape index (κ3) is 4.97. The molecule has 4 rings (SSSR count). The maximum Gasteiger partial charge on any atom is 0.241 e. The van der Waals surface area contributed by atoms with Gasteiger partial charge in [-0.05, 0) is 36.8 Å². The highest BCUT2D eigenvalue weighted by atomic mass is 35.5. The Labute approximate surface area is 199 Å². The van der Waals surface area contributed by atoms with Gasteiger partial charge in [0, 0.05) is 15.6 Å². The highest BCUT2D eigenvalue weighted by molar-refractivity contribution is 7.90. The molecule has 4 nitrogen and oxygen atoms in total. The molecular weight excluding hydrogens is 473 g/mol. The van der Waals surface area contributed by atoms with Crippen molar-refractivity contribution in [2.75, 3.05) is 0 Å². The molecule has 0 bridgehead atoms. The van der Waals surface area contributed by atoms with E-state index in [4.69, 9.17) is 11.6 Å². The van der Waals surface area contributed by atoms with Gasteiger partial charge in [-0.25, -0.2) is 8.42 Å². The van der Waals surface area contributed by atoms with E-state index in [-0.39, 0.29) is 4.90 Å². The summed E-state index contributed by atoms with van der Waals surface area (Å²) >= 11 is 6.10. The Morgan fingerprint density at radius 2 is 1.21 bits per heavy atom. The molecule has 0 saturated heterocycles. The lowest BCUT2D eigenvalue weighted by Gasteiger charge is -2.30. The van der Waals surface area contributed by atoms with Crippen LogP contribution in [0.1, 0.15) is 16.9 Å². The van der Waals surface area contributed by atoms with Crippen LogP contribution in [0.4, 0.5) is 0 Å². The van der Waals surface area contributed by atoms with Crippen molar-refractivity contribution in [2.45, 2.75) is 17.6 Å². The fourth-order valence-corrected chi connectivity index (χ4v) is 8.59. The molecule has 0 amide bonds. The normalized spacial score (nSPS) is 12.9. The molecule has 0 spiro atoms. The second-order valence-electron chi connectivity index (χ2n) is 7.72. The van der Waals surface area contributed by atoms with Crippen molar-refractivity contribution in [1.82, 2.24) is 4.72 Å². The Kier molecular flexibility index (Phi) is 6.87. The molecule has 33 heavy (non-hydrogen) atoms. The van der Waals surface area contributed by atoms with Gasteiger partial charge in [0.1, 0.15) is 5.78 Å². The zero-order valence-corrected chi connectivity index (χ0v) is 20.4. The van der Waals surface area contributed by atoms with Crippen LogP contribution in [0.2, 0.25) is 5.02 Å². The molecule has 1 atom stereocenters. The summed E-state index contributed by atoms with van der Waals surface area (Å²) in [5.74, 6) is -1.04. The van der Waals surface area contributed by atoms with Gasteiger partial charge in [0.2, 0.25) is 10.0 Å². The minimum atomic E-state index is -3.99. The number of benzene rings is 4. The Balaban J connectivity index is 1.93. The molecule has 0 fully saturated rings. The molecule has 0 heterocycles. The van der Waals surface area contributed by atoms with Gasteiger partial charge in [0.05, 0.1) is 4.90 Å². The molecule has 0 unspecified atom stereocenters. The minimum Gasteiger partial charge on any atom is -0.312 e. The van der Waals surface area contributed by atoms with Crippen LogP contribution in [0, 0.1) is 6.92 Å². The van der Waals surface area contributed by atoms with Crippen LogP contribution < -0.4 is 15.3 Å². The quantitative estimate of drug-likeness (QED) is 0.337. The molecule has 7 heteroatoms. The average Bonchev–Trinajstić information content (AvgIpc) is 2.84. The van der Waals surface area contributed by atoms with E-state index in [9.17, 15) is 8.42 Å². The van der Waals surface area contributed by atoms with Gasteiger partial charge in [-0.15, -0.1) is 0 Å². The van der Waals surface area contributed by atoms with Crippen LogP contribution in [-0.4, -0.2) is 8.42 Å². The third-order valence-electron chi connectivity index (χ3n) is 5.43. The Morgan fingerprint density at radius 3 is 1.70 bits per heavy atom. The molecular formula is C26H23ClNO3PS. The third-order valence-corrected chi connectivity index (χ3v) is 10.6. The second kappa shape index (κ2) is 9.66. The van der Waals surface area contributed by atoms with Crippen molar-refractivity contribution in [1.29, 1.82) is 0 Å². The van der Waals surface area contributed by atoms with Gasteiger partial charge < -0.3 is 4.57 Å². The maximum atomic E-state index is 15.0. The summed E-state index contributed by atoms with van der Waals surface area (Å²) in [7, 11) is -7.52. The number of hydrogen-bond donors (Lipinski definition) is 1. The first-order valence-corrected chi connectivity index (χ1v) is 14.0. The molecule has 168 valence electrons. The minimum absolute atomic E-state index is 0.111. The largest absolute Gasteiger partial charge is 0.312 e. The van der Waals surface area contributed by atoms with Gasteiger partial charge in [0.15, 0.2) is 7.14 Å². The summed E-state index contributed by atoms with van der Waals surface area (Å²) in [6.07, 6.45) is 0. The standard InChI is InChI=1S/C26H23ClNO3PS/c1-20-12-18-25(19-13-20)33(30,31)28-26(21-14-16-22(27)17-15-21)32(29,23-8-4-2-5-9-23)24-10-6-3-7-11-24/h2-19,26,28H,1H3/t26-/m0/s1. The van der Waals surface area contributed by atoms with Crippen molar-refractivity contribution in [3.05, 3.63) is 125 Å². The number of aryl methyl sites for hydroxylation is 1. The van der Waals surface area contributed by atoms with Gasteiger partial charge in [0.25, 0.3) is 0 Å². The predicted molar refractivity (Wildman–Crippen MR) is 135 cm³/mol. The summed E-state index contributed by atoms with van der Waals surface area (Å²) < 4.78 is 44.7. The van der Waals surface area contributed by atoms with Crippen LogP contribution in [0.5, 0.6) is 0 Å². The van der Waals surface area contributed by atoms with E-state index >= 15 is 4.57 Å². The number of nitrogens with one attached hydrogen (secondary N) is 1. The molecule has 1 N–H and O–H groups in total. The molecule has 0 aliphatic rings. The molecule has 4 aromatic carbocycles. The first-order chi connectivity index (χ1) is 15.8. The number of sulfonamides is 1. The summed E-state index contributed by atoms with van der Waals surface area (Å²) in [5.41, 5.74) is 1.51. The molecule has 4 aromatic rings. The highest BCUT2D eigenvalue weighted by Gasteiger charge is 2.40. The summed E-state index contributed by atoms with van der Waals surface area (Å²) in [6, 6.07) is 31.3. The van der Waals surface area contributed by atoms with Crippen LogP contribution >= 0.6 is 18.7 Å². The van der Waals surface area contributed by atoms with Crippen LogP contribution in [0.3, 0.4) is 0 Å². The van der Waals surface area contributed by atoms with Crippen molar-refractivity contribution in [3.8, 4) is 0 Å². The zero-order chi connectivity index (χ0) is 23.5. The molecule has 0 radical (unpaired) electrons. The first-order valence-electron chi connectivity index (χ1n) is 10.4. The average molecular weight is 496 g/mol. The molecule has 0 aromatic heterocycles. The first kappa shape index (κ1) is 23.5. The van der Waals surface area contributed by atoms with Crippen molar-refractivity contribution in [2.24, 2.45) is 0 Å². The SMILES string of the molecule is Cc1ccc(S(=O)(=O)N[C@H](c2ccc(Cl)cc2)P(=O)(c2ccccc2)c2ccccc2)cc1.